The quantitative estimate of drug-likeness (QED) is 0.871. The van der Waals surface area contributed by atoms with Gasteiger partial charge in [0.15, 0.2) is 0 Å². The Morgan fingerprint density at radius 2 is 1.80 bits per heavy atom. The molecule has 0 aromatic heterocycles. The predicted molar refractivity (Wildman–Crippen MR) is 88.2 cm³/mol. The zero-order valence-corrected chi connectivity index (χ0v) is 13.6. The van der Waals surface area contributed by atoms with Crippen LogP contribution in [0.4, 0.5) is 5.69 Å². The number of nitrogens with zero attached hydrogens (tertiary/aromatic N) is 1. The van der Waals surface area contributed by atoms with Gasteiger partial charge in [0.2, 0.25) is 0 Å². The normalized spacial score (nSPS) is 17.5. The third-order valence-electron chi connectivity index (χ3n) is 4.68. The smallest absolute Gasteiger partial charge is 0.0411 e. The fourth-order valence-electron chi connectivity index (χ4n) is 2.66. The number of hydrogen-bond donors (Lipinski definition) is 1. The van der Waals surface area contributed by atoms with Crippen LogP contribution in [0.2, 0.25) is 0 Å². The third kappa shape index (κ3) is 3.99. The molecule has 1 fully saturated rings. The summed E-state index contributed by atoms with van der Waals surface area (Å²) in [5.74, 6) is 0.682. The first-order valence-corrected chi connectivity index (χ1v) is 8.02. The highest BCUT2D eigenvalue weighted by molar-refractivity contribution is 5.54. The van der Waals surface area contributed by atoms with Crippen LogP contribution in [0.5, 0.6) is 0 Å². The molecule has 1 atom stereocenters. The minimum Gasteiger partial charge on any atom is -0.371 e. The van der Waals surface area contributed by atoms with E-state index in [1.807, 2.05) is 0 Å². The second kappa shape index (κ2) is 6.62. The van der Waals surface area contributed by atoms with E-state index in [2.05, 4.69) is 62.2 Å². The molecule has 0 amide bonds. The van der Waals surface area contributed by atoms with Crippen molar-refractivity contribution >= 4 is 5.69 Å². The van der Waals surface area contributed by atoms with Crippen LogP contribution in [-0.4, -0.2) is 19.6 Å². The van der Waals surface area contributed by atoms with E-state index in [4.69, 9.17) is 0 Å². The molecule has 0 radical (unpaired) electrons. The van der Waals surface area contributed by atoms with Crippen LogP contribution >= 0.6 is 0 Å². The Bertz CT molecular complexity index is 414. The molecule has 0 aliphatic carbocycles. The van der Waals surface area contributed by atoms with Crippen LogP contribution in [0.25, 0.3) is 0 Å². The Hall–Kier alpha value is -1.02. The summed E-state index contributed by atoms with van der Waals surface area (Å²) in [6.45, 7) is 13.8. The van der Waals surface area contributed by atoms with Gasteiger partial charge in [-0.1, -0.05) is 45.9 Å². The van der Waals surface area contributed by atoms with Crippen molar-refractivity contribution in [3.8, 4) is 0 Å². The van der Waals surface area contributed by atoms with Gasteiger partial charge in [-0.05, 0) is 42.3 Å². The average Bonchev–Trinajstić information content (AvgIpc) is 2.92. The lowest BCUT2D eigenvalue weighted by atomic mass is 9.82. The summed E-state index contributed by atoms with van der Waals surface area (Å²) >= 11 is 0. The Balaban J connectivity index is 1.93. The number of nitrogens with one attached hydrogen (secondary N) is 1. The highest BCUT2D eigenvalue weighted by Gasteiger charge is 2.20. The predicted octanol–water partition coefficient (Wildman–Crippen LogP) is 4.06. The van der Waals surface area contributed by atoms with Gasteiger partial charge in [0.25, 0.3) is 0 Å². The maximum Gasteiger partial charge on any atom is 0.0411 e. The Kier molecular flexibility index (Phi) is 5.09. The van der Waals surface area contributed by atoms with Crippen LogP contribution in [0.1, 0.15) is 46.1 Å². The monoisotopic (exact) mass is 274 g/mol. The van der Waals surface area contributed by atoms with Crippen molar-refractivity contribution in [2.75, 3.05) is 24.5 Å². The molecule has 1 heterocycles. The lowest BCUT2D eigenvalue weighted by molar-refractivity contribution is 0.252. The molecule has 1 saturated heterocycles. The molecule has 1 unspecified atom stereocenters. The Labute approximate surface area is 124 Å². The maximum atomic E-state index is 3.65. The first-order chi connectivity index (χ1) is 9.48. The van der Waals surface area contributed by atoms with Gasteiger partial charge >= 0.3 is 0 Å². The van der Waals surface area contributed by atoms with Crippen molar-refractivity contribution in [2.45, 2.75) is 47.1 Å². The van der Waals surface area contributed by atoms with Crippen LogP contribution < -0.4 is 10.2 Å². The van der Waals surface area contributed by atoms with E-state index in [0.717, 1.165) is 13.1 Å². The minimum absolute atomic E-state index is 0.376. The lowest BCUT2D eigenvalue weighted by Gasteiger charge is -2.28. The van der Waals surface area contributed by atoms with E-state index in [-0.39, 0.29) is 0 Å². The molecule has 1 aromatic rings. The summed E-state index contributed by atoms with van der Waals surface area (Å²) in [4.78, 5) is 2.53. The fraction of sp³-hybridized carbons (Fsp3) is 0.667. The summed E-state index contributed by atoms with van der Waals surface area (Å²) in [6, 6.07) is 8.86. The van der Waals surface area contributed by atoms with Crippen molar-refractivity contribution in [3.63, 3.8) is 0 Å². The van der Waals surface area contributed by atoms with E-state index < -0.39 is 0 Å². The molecule has 0 saturated carbocycles. The lowest BCUT2D eigenvalue weighted by Crippen LogP contribution is -2.30. The molecule has 20 heavy (non-hydrogen) atoms. The summed E-state index contributed by atoms with van der Waals surface area (Å²) in [5, 5.41) is 3.65. The van der Waals surface area contributed by atoms with E-state index in [0.29, 0.717) is 11.3 Å². The molecule has 0 spiro atoms. The van der Waals surface area contributed by atoms with Gasteiger partial charge in [-0.3, -0.25) is 0 Å². The Morgan fingerprint density at radius 1 is 1.15 bits per heavy atom. The van der Waals surface area contributed by atoms with Gasteiger partial charge in [-0.2, -0.15) is 0 Å². The SMILES string of the molecule is CC(CNCc1ccccc1N1CCCC1)C(C)(C)C. The first-order valence-electron chi connectivity index (χ1n) is 8.02. The van der Waals surface area contributed by atoms with Crippen molar-refractivity contribution in [3.05, 3.63) is 29.8 Å². The van der Waals surface area contributed by atoms with Crippen LogP contribution in [0.3, 0.4) is 0 Å². The molecule has 0 bridgehead atoms. The van der Waals surface area contributed by atoms with Crippen molar-refractivity contribution in [1.29, 1.82) is 0 Å². The first kappa shape index (κ1) is 15.4. The number of rotatable bonds is 5. The van der Waals surface area contributed by atoms with Crippen molar-refractivity contribution in [2.24, 2.45) is 11.3 Å². The summed E-state index contributed by atoms with van der Waals surface area (Å²) < 4.78 is 0. The summed E-state index contributed by atoms with van der Waals surface area (Å²) in [7, 11) is 0. The number of benzene rings is 1. The van der Waals surface area contributed by atoms with Crippen molar-refractivity contribution in [1.82, 2.24) is 5.32 Å². The molecule has 2 nitrogen and oxygen atoms in total. The molecule has 1 aliphatic heterocycles. The molecule has 2 rings (SSSR count). The van der Waals surface area contributed by atoms with Gasteiger partial charge in [-0.25, -0.2) is 0 Å². The zero-order chi connectivity index (χ0) is 14.6. The number of hydrogen-bond acceptors (Lipinski definition) is 2. The molecular weight excluding hydrogens is 244 g/mol. The Morgan fingerprint density at radius 3 is 2.45 bits per heavy atom. The summed E-state index contributed by atoms with van der Waals surface area (Å²) in [5.41, 5.74) is 3.25. The van der Waals surface area contributed by atoms with Crippen molar-refractivity contribution < 1.29 is 0 Å². The molecule has 112 valence electrons. The second-order valence-electron chi connectivity index (χ2n) is 7.22. The minimum atomic E-state index is 0.376. The van der Waals surface area contributed by atoms with Gasteiger partial charge < -0.3 is 10.2 Å². The fourth-order valence-corrected chi connectivity index (χ4v) is 2.66. The van der Waals surface area contributed by atoms with Crippen LogP contribution in [-0.2, 0) is 6.54 Å². The van der Waals surface area contributed by atoms with Gasteiger partial charge in [0.05, 0.1) is 0 Å². The summed E-state index contributed by atoms with van der Waals surface area (Å²) in [6.07, 6.45) is 2.67. The maximum absolute atomic E-state index is 3.65. The largest absolute Gasteiger partial charge is 0.371 e. The molecule has 1 N–H and O–H groups in total. The van der Waals surface area contributed by atoms with Gasteiger partial charge in [0.1, 0.15) is 0 Å². The highest BCUT2D eigenvalue weighted by Crippen LogP contribution is 2.26. The second-order valence-corrected chi connectivity index (χ2v) is 7.22. The zero-order valence-electron chi connectivity index (χ0n) is 13.6. The van der Waals surface area contributed by atoms with E-state index >= 15 is 0 Å². The van der Waals surface area contributed by atoms with Crippen LogP contribution in [0.15, 0.2) is 24.3 Å². The van der Waals surface area contributed by atoms with Crippen LogP contribution in [0, 0.1) is 11.3 Å². The molecule has 1 aliphatic rings. The number of para-hydroxylation sites is 1. The van der Waals surface area contributed by atoms with E-state index in [1.54, 1.807) is 0 Å². The molecule has 2 heteroatoms. The molecule has 1 aromatic carbocycles. The van der Waals surface area contributed by atoms with Gasteiger partial charge in [0, 0.05) is 25.3 Å². The molecular formula is C18H30N2. The average molecular weight is 274 g/mol. The number of anilines is 1. The van der Waals surface area contributed by atoms with E-state index in [1.165, 1.54) is 37.2 Å². The third-order valence-corrected chi connectivity index (χ3v) is 4.68. The van der Waals surface area contributed by atoms with Gasteiger partial charge in [-0.15, -0.1) is 0 Å². The standard InChI is InChI=1S/C18H30N2/c1-15(18(2,3)4)13-19-14-16-9-5-6-10-17(16)20-11-7-8-12-20/h5-6,9-10,15,19H,7-8,11-14H2,1-4H3. The highest BCUT2D eigenvalue weighted by atomic mass is 15.1. The topological polar surface area (TPSA) is 15.3 Å². The van der Waals surface area contributed by atoms with E-state index in [9.17, 15) is 0 Å².